The zero-order valence-electron chi connectivity index (χ0n) is 16.7. The first kappa shape index (κ1) is 20.6. The lowest BCUT2D eigenvalue weighted by Gasteiger charge is -2.20. The molecule has 0 saturated heterocycles. The van der Waals surface area contributed by atoms with Crippen LogP contribution >= 0.6 is 0 Å². The number of carbonyl (C=O) groups excluding carboxylic acids is 2. The molecule has 1 aliphatic rings. The summed E-state index contributed by atoms with van der Waals surface area (Å²) in [5.41, 5.74) is 2.17. The predicted molar refractivity (Wildman–Crippen MR) is 108 cm³/mol. The van der Waals surface area contributed by atoms with Crippen LogP contribution in [0.3, 0.4) is 0 Å². The molecule has 1 aliphatic heterocycles. The van der Waals surface area contributed by atoms with Gasteiger partial charge in [0, 0.05) is 29.8 Å². The monoisotopic (exact) mass is 399 g/mol. The van der Waals surface area contributed by atoms with Gasteiger partial charge in [0.05, 0.1) is 13.1 Å². The van der Waals surface area contributed by atoms with Crippen molar-refractivity contribution in [2.75, 3.05) is 13.2 Å². The highest BCUT2D eigenvalue weighted by atomic mass is 19.1. The second-order valence-corrected chi connectivity index (χ2v) is 7.16. The van der Waals surface area contributed by atoms with E-state index < -0.39 is 0 Å². The van der Waals surface area contributed by atoms with Crippen molar-refractivity contribution in [3.63, 3.8) is 0 Å². The Hall–Kier alpha value is -3.09. The van der Waals surface area contributed by atoms with E-state index in [4.69, 9.17) is 4.74 Å². The first-order chi connectivity index (χ1) is 14.0. The Morgan fingerprint density at radius 1 is 1.24 bits per heavy atom. The van der Waals surface area contributed by atoms with Crippen LogP contribution in [0.1, 0.15) is 41.8 Å². The summed E-state index contributed by atoms with van der Waals surface area (Å²) < 4.78 is 18.9. The Balaban J connectivity index is 1.60. The molecule has 0 spiro atoms. The largest absolute Gasteiger partial charge is 0.491 e. The van der Waals surface area contributed by atoms with Gasteiger partial charge in [-0.1, -0.05) is 25.1 Å². The molecule has 3 amide bonds. The van der Waals surface area contributed by atoms with E-state index in [1.807, 2.05) is 19.9 Å². The highest BCUT2D eigenvalue weighted by Crippen LogP contribution is 2.24. The van der Waals surface area contributed by atoms with Gasteiger partial charge in [0.2, 0.25) is 0 Å². The number of urea groups is 1. The van der Waals surface area contributed by atoms with Crippen molar-refractivity contribution in [3.05, 3.63) is 65.0 Å². The smallest absolute Gasteiger partial charge is 0.318 e. The van der Waals surface area contributed by atoms with Crippen LogP contribution in [0.25, 0.3) is 0 Å². The minimum Gasteiger partial charge on any atom is -0.491 e. The number of nitrogens with zero attached hydrogens (tertiary/aromatic N) is 1. The highest BCUT2D eigenvalue weighted by molar-refractivity contribution is 5.94. The third kappa shape index (κ3) is 5.47. The summed E-state index contributed by atoms with van der Waals surface area (Å²) in [6.45, 7) is 5.32. The normalized spacial score (nSPS) is 14.2. The highest BCUT2D eigenvalue weighted by Gasteiger charge is 2.20. The molecule has 0 aromatic heterocycles. The quantitative estimate of drug-likeness (QED) is 0.809. The number of rotatable bonds is 5. The lowest BCUT2D eigenvalue weighted by Crippen LogP contribution is -2.40. The molecule has 1 unspecified atom stereocenters. The third-order valence-corrected chi connectivity index (χ3v) is 4.92. The summed E-state index contributed by atoms with van der Waals surface area (Å²) in [4.78, 5) is 26.5. The molecule has 0 bridgehead atoms. The Kier molecular flexibility index (Phi) is 6.69. The summed E-state index contributed by atoms with van der Waals surface area (Å²) in [5, 5.41) is 5.82. The summed E-state index contributed by atoms with van der Waals surface area (Å²) in [5.74, 6) is -0.0137. The lowest BCUT2D eigenvalue weighted by molar-refractivity contribution is 0.0939. The fourth-order valence-electron chi connectivity index (χ4n) is 3.04. The summed E-state index contributed by atoms with van der Waals surface area (Å²) in [6, 6.07) is 11.4. The van der Waals surface area contributed by atoms with Crippen LogP contribution in [0.15, 0.2) is 42.5 Å². The van der Waals surface area contributed by atoms with Gasteiger partial charge in [-0.25, -0.2) is 9.18 Å². The van der Waals surface area contributed by atoms with Crippen molar-refractivity contribution in [3.8, 4) is 5.75 Å². The Labute approximate surface area is 170 Å². The fraction of sp³-hybridized carbons (Fsp3) is 0.364. The molecule has 0 radical (unpaired) electrons. The SMILES string of the molecule is CCC(C)NC(=O)c1cccc(CNC(=O)N2CCOc3cc(F)ccc3C2)c1. The lowest BCUT2D eigenvalue weighted by atomic mass is 10.1. The maximum atomic E-state index is 13.4. The van der Waals surface area contributed by atoms with Gasteiger partial charge in [0.1, 0.15) is 18.2 Å². The third-order valence-electron chi connectivity index (χ3n) is 4.92. The van der Waals surface area contributed by atoms with E-state index in [1.54, 1.807) is 29.2 Å². The van der Waals surface area contributed by atoms with Gasteiger partial charge < -0.3 is 20.3 Å². The van der Waals surface area contributed by atoms with Crippen LogP contribution in [0, 0.1) is 5.82 Å². The van der Waals surface area contributed by atoms with Gasteiger partial charge in [-0.15, -0.1) is 0 Å². The van der Waals surface area contributed by atoms with Crippen molar-refractivity contribution in [2.45, 2.75) is 39.4 Å². The minimum absolute atomic E-state index is 0.104. The number of amides is 3. The second-order valence-electron chi connectivity index (χ2n) is 7.16. The van der Waals surface area contributed by atoms with Gasteiger partial charge in [-0.05, 0) is 37.1 Å². The Morgan fingerprint density at radius 2 is 2.07 bits per heavy atom. The molecule has 0 fully saturated rings. The van der Waals surface area contributed by atoms with E-state index in [-0.39, 0.29) is 23.8 Å². The number of ether oxygens (including phenoxy) is 1. The predicted octanol–water partition coefficient (Wildman–Crippen LogP) is 3.46. The Bertz CT molecular complexity index is 887. The summed E-state index contributed by atoms with van der Waals surface area (Å²) in [7, 11) is 0. The average molecular weight is 399 g/mol. The molecule has 29 heavy (non-hydrogen) atoms. The van der Waals surface area contributed by atoms with Crippen molar-refractivity contribution < 1.29 is 18.7 Å². The van der Waals surface area contributed by atoms with Gasteiger partial charge >= 0.3 is 6.03 Å². The van der Waals surface area contributed by atoms with E-state index in [0.29, 0.717) is 37.6 Å². The van der Waals surface area contributed by atoms with Crippen LogP contribution in [-0.4, -0.2) is 36.0 Å². The first-order valence-corrected chi connectivity index (χ1v) is 9.80. The fourth-order valence-corrected chi connectivity index (χ4v) is 3.04. The molecule has 7 heteroatoms. The van der Waals surface area contributed by atoms with Crippen molar-refractivity contribution in [2.24, 2.45) is 0 Å². The van der Waals surface area contributed by atoms with Crippen LogP contribution in [0.5, 0.6) is 5.75 Å². The van der Waals surface area contributed by atoms with Gasteiger partial charge in [0.25, 0.3) is 5.91 Å². The standard InChI is InChI=1S/C22H26FN3O3/c1-3-15(2)25-21(27)17-6-4-5-16(11-17)13-24-22(28)26-9-10-29-20-12-19(23)8-7-18(20)14-26/h4-8,11-12,15H,3,9-10,13-14H2,1-2H3,(H,24,28)(H,25,27). The second kappa shape index (κ2) is 9.41. The molecule has 0 aliphatic carbocycles. The first-order valence-electron chi connectivity index (χ1n) is 9.80. The number of nitrogens with one attached hydrogen (secondary N) is 2. The van der Waals surface area contributed by atoms with Crippen LogP contribution in [0.4, 0.5) is 9.18 Å². The minimum atomic E-state index is -0.362. The van der Waals surface area contributed by atoms with E-state index in [2.05, 4.69) is 10.6 Å². The van der Waals surface area contributed by atoms with Crippen molar-refractivity contribution >= 4 is 11.9 Å². The number of hydrogen-bond acceptors (Lipinski definition) is 3. The zero-order chi connectivity index (χ0) is 20.8. The number of halogens is 1. The number of hydrogen-bond donors (Lipinski definition) is 2. The maximum absolute atomic E-state index is 13.4. The molecule has 2 aromatic rings. The van der Waals surface area contributed by atoms with E-state index in [1.165, 1.54) is 12.1 Å². The molecule has 2 N–H and O–H groups in total. The zero-order valence-corrected chi connectivity index (χ0v) is 16.7. The van der Waals surface area contributed by atoms with Crippen molar-refractivity contribution in [1.29, 1.82) is 0 Å². The molecular weight excluding hydrogens is 373 g/mol. The van der Waals surface area contributed by atoms with Gasteiger partial charge in [-0.3, -0.25) is 4.79 Å². The number of fused-ring (bicyclic) bond motifs is 1. The van der Waals surface area contributed by atoms with Gasteiger partial charge in [-0.2, -0.15) is 0 Å². The summed E-state index contributed by atoms with van der Waals surface area (Å²) >= 11 is 0. The molecule has 1 atom stereocenters. The molecule has 6 nitrogen and oxygen atoms in total. The van der Waals surface area contributed by atoms with Crippen LogP contribution < -0.4 is 15.4 Å². The molecular formula is C22H26FN3O3. The topological polar surface area (TPSA) is 70.7 Å². The van der Waals surface area contributed by atoms with E-state index in [9.17, 15) is 14.0 Å². The van der Waals surface area contributed by atoms with Gasteiger partial charge in [0.15, 0.2) is 0 Å². The Morgan fingerprint density at radius 3 is 2.86 bits per heavy atom. The van der Waals surface area contributed by atoms with E-state index in [0.717, 1.165) is 17.5 Å². The average Bonchev–Trinajstić information content (AvgIpc) is 2.94. The summed E-state index contributed by atoms with van der Waals surface area (Å²) in [6.07, 6.45) is 0.858. The molecule has 154 valence electrons. The van der Waals surface area contributed by atoms with Crippen LogP contribution in [0.2, 0.25) is 0 Å². The van der Waals surface area contributed by atoms with Crippen molar-refractivity contribution in [1.82, 2.24) is 15.5 Å². The number of benzene rings is 2. The molecule has 3 rings (SSSR count). The number of carbonyl (C=O) groups is 2. The van der Waals surface area contributed by atoms with E-state index >= 15 is 0 Å². The maximum Gasteiger partial charge on any atom is 0.318 e. The molecule has 2 aromatic carbocycles. The van der Waals surface area contributed by atoms with Crippen LogP contribution in [-0.2, 0) is 13.1 Å². The molecule has 1 heterocycles. The molecule has 0 saturated carbocycles.